The van der Waals surface area contributed by atoms with E-state index in [1.165, 1.54) is 18.9 Å². The number of benzene rings is 1. The maximum atomic E-state index is 11.8. The number of methoxy groups -OCH3 is 1. The molecule has 1 N–H and O–H groups in total. The van der Waals surface area contributed by atoms with Gasteiger partial charge in [-0.2, -0.15) is 0 Å². The Morgan fingerprint density at radius 3 is 2.33 bits per heavy atom. The second kappa shape index (κ2) is 8.14. The van der Waals surface area contributed by atoms with Crippen molar-refractivity contribution < 1.29 is 24.2 Å². The van der Waals surface area contributed by atoms with Crippen LogP contribution in [0, 0.1) is 0 Å². The summed E-state index contributed by atoms with van der Waals surface area (Å²) in [5.74, 6) is 0.237. The average Bonchev–Trinajstić information content (AvgIpc) is 2.50. The van der Waals surface area contributed by atoms with E-state index in [4.69, 9.17) is 14.6 Å². The van der Waals surface area contributed by atoms with Crippen molar-refractivity contribution in [3.05, 3.63) is 24.3 Å². The molecule has 1 atom stereocenters. The summed E-state index contributed by atoms with van der Waals surface area (Å²) in [6, 6.07) is 6.35. The highest BCUT2D eigenvalue weighted by Crippen LogP contribution is 2.17. The lowest BCUT2D eigenvalue weighted by atomic mass is 10.2. The summed E-state index contributed by atoms with van der Waals surface area (Å²) in [6.07, 6.45) is 0.784. The summed E-state index contributed by atoms with van der Waals surface area (Å²) < 4.78 is 10.5. The van der Waals surface area contributed by atoms with Gasteiger partial charge >= 0.3 is 5.97 Å². The molecule has 1 amide bonds. The van der Waals surface area contributed by atoms with Crippen molar-refractivity contribution in [3.8, 4) is 11.5 Å². The van der Waals surface area contributed by atoms with Gasteiger partial charge in [-0.15, -0.1) is 0 Å². The van der Waals surface area contributed by atoms with Crippen molar-refractivity contribution in [2.45, 2.75) is 25.8 Å². The summed E-state index contributed by atoms with van der Waals surface area (Å²) in [5, 5.41) is 8.84. The van der Waals surface area contributed by atoms with Crippen LogP contribution in [0.3, 0.4) is 0 Å². The normalized spacial score (nSPS) is 11.6. The van der Waals surface area contributed by atoms with Crippen molar-refractivity contribution in [2.75, 3.05) is 20.8 Å². The first kappa shape index (κ1) is 16.8. The standard InChI is InChI=1S/C15H21NO5/c1-11(15(18)19)16(2)14(17)5-4-10-21-13-8-6-12(20-3)7-9-13/h6-9,11H,4-5,10H2,1-3H3,(H,18,19). The Morgan fingerprint density at radius 1 is 1.24 bits per heavy atom. The summed E-state index contributed by atoms with van der Waals surface area (Å²) >= 11 is 0. The number of rotatable bonds is 8. The Balaban J connectivity index is 2.29. The number of aliphatic carboxylic acids is 1. The van der Waals surface area contributed by atoms with E-state index in [1.54, 1.807) is 31.4 Å². The van der Waals surface area contributed by atoms with Crippen LogP contribution in [-0.2, 0) is 9.59 Å². The number of carboxylic acid groups (broad SMARTS) is 1. The van der Waals surface area contributed by atoms with E-state index in [0.29, 0.717) is 18.8 Å². The Kier molecular flexibility index (Phi) is 6.52. The Labute approximate surface area is 124 Å². The molecule has 116 valence electrons. The minimum absolute atomic E-state index is 0.205. The number of hydrogen-bond acceptors (Lipinski definition) is 4. The number of carboxylic acids is 1. The molecule has 0 spiro atoms. The van der Waals surface area contributed by atoms with E-state index in [9.17, 15) is 9.59 Å². The molecule has 0 aliphatic heterocycles. The second-order valence-corrected chi connectivity index (χ2v) is 4.65. The number of likely N-dealkylation sites (N-methyl/N-ethyl adjacent to an activating group) is 1. The highest BCUT2D eigenvalue weighted by atomic mass is 16.5. The van der Waals surface area contributed by atoms with Crippen molar-refractivity contribution >= 4 is 11.9 Å². The maximum absolute atomic E-state index is 11.8. The van der Waals surface area contributed by atoms with Crippen molar-refractivity contribution in [1.29, 1.82) is 0 Å². The third kappa shape index (κ3) is 5.33. The van der Waals surface area contributed by atoms with Crippen LogP contribution in [-0.4, -0.2) is 48.7 Å². The average molecular weight is 295 g/mol. The monoisotopic (exact) mass is 295 g/mol. The van der Waals surface area contributed by atoms with E-state index in [-0.39, 0.29) is 12.3 Å². The fourth-order valence-electron chi connectivity index (χ4n) is 1.64. The molecule has 0 aliphatic rings. The van der Waals surface area contributed by atoms with E-state index in [1.807, 2.05) is 0 Å². The molecule has 0 aromatic heterocycles. The molecule has 1 unspecified atom stereocenters. The van der Waals surface area contributed by atoms with Crippen LogP contribution in [0.25, 0.3) is 0 Å². The molecule has 6 heteroatoms. The molecule has 6 nitrogen and oxygen atoms in total. The van der Waals surface area contributed by atoms with Gasteiger partial charge in [0, 0.05) is 13.5 Å². The first-order valence-corrected chi connectivity index (χ1v) is 6.71. The highest BCUT2D eigenvalue weighted by molar-refractivity contribution is 5.83. The van der Waals surface area contributed by atoms with E-state index in [2.05, 4.69) is 0 Å². The maximum Gasteiger partial charge on any atom is 0.326 e. The molecule has 0 fully saturated rings. The van der Waals surface area contributed by atoms with Gasteiger partial charge in [-0.25, -0.2) is 4.79 Å². The summed E-state index contributed by atoms with van der Waals surface area (Å²) in [4.78, 5) is 23.8. The molecular weight excluding hydrogens is 274 g/mol. The zero-order valence-corrected chi connectivity index (χ0v) is 12.5. The highest BCUT2D eigenvalue weighted by Gasteiger charge is 2.20. The van der Waals surface area contributed by atoms with E-state index >= 15 is 0 Å². The van der Waals surface area contributed by atoms with Crippen LogP contribution in [0.5, 0.6) is 11.5 Å². The number of carbonyl (C=O) groups is 2. The van der Waals surface area contributed by atoms with Crippen molar-refractivity contribution in [3.63, 3.8) is 0 Å². The molecule has 21 heavy (non-hydrogen) atoms. The molecule has 0 heterocycles. The SMILES string of the molecule is COc1ccc(OCCCC(=O)N(C)C(C)C(=O)O)cc1. The van der Waals surface area contributed by atoms with Crippen LogP contribution in [0.2, 0.25) is 0 Å². The fourth-order valence-corrected chi connectivity index (χ4v) is 1.64. The van der Waals surface area contributed by atoms with Crippen LogP contribution >= 0.6 is 0 Å². The summed E-state index contributed by atoms with van der Waals surface area (Å²) in [6.45, 7) is 1.88. The zero-order chi connectivity index (χ0) is 15.8. The molecule has 0 saturated heterocycles. The van der Waals surface area contributed by atoms with Gasteiger partial charge in [-0.1, -0.05) is 0 Å². The molecule has 0 radical (unpaired) electrons. The van der Waals surface area contributed by atoms with Crippen LogP contribution in [0.15, 0.2) is 24.3 Å². The number of ether oxygens (including phenoxy) is 2. The fraction of sp³-hybridized carbons (Fsp3) is 0.467. The summed E-state index contributed by atoms with van der Waals surface area (Å²) in [5.41, 5.74) is 0. The third-order valence-electron chi connectivity index (χ3n) is 3.19. The van der Waals surface area contributed by atoms with E-state index in [0.717, 1.165) is 5.75 Å². The van der Waals surface area contributed by atoms with Gasteiger partial charge in [-0.05, 0) is 37.6 Å². The van der Waals surface area contributed by atoms with Gasteiger partial charge in [0.15, 0.2) is 0 Å². The predicted octanol–water partition coefficient (Wildman–Crippen LogP) is 1.79. The van der Waals surface area contributed by atoms with Crippen LogP contribution < -0.4 is 9.47 Å². The smallest absolute Gasteiger partial charge is 0.326 e. The lowest BCUT2D eigenvalue weighted by Gasteiger charge is -2.21. The Hall–Kier alpha value is -2.24. The lowest BCUT2D eigenvalue weighted by molar-refractivity contribution is -0.148. The van der Waals surface area contributed by atoms with Gasteiger partial charge in [0.2, 0.25) is 5.91 Å². The topological polar surface area (TPSA) is 76.1 Å². The number of carbonyl (C=O) groups excluding carboxylic acids is 1. The Morgan fingerprint density at radius 2 is 1.81 bits per heavy atom. The Bertz CT molecular complexity index is 471. The van der Waals surface area contributed by atoms with Crippen molar-refractivity contribution in [1.82, 2.24) is 4.90 Å². The quantitative estimate of drug-likeness (QED) is 0.740. The molecule has 0 aliphatic carbocycles. The molecule has 0 bridgehead atoms. The van der Waals surface area contributed by atoms with Gasteiger partial charge in [0.05, 0.1) is 13.7 Å². The predicted molar refractivity (Wildman–Crippen MR) is 77.6 cm³/mol. The zero-order valence-electron chi connectivity index (χ0n) is 12.5. The summed E-state index contributed by atoms with van der Waals surface area (Å²) in [7, 11) is 3.08. The van der Waals surface area contributed by atoms with Crippen molar-refractivity contribution in [2.24, 2.45) is 0 Å². The number of amides is 1. The minimum Gasteiger partial charge on any atom is -0.497 e. The number of nitrogens with zero attached hydrogens (tertiary/aromatic N) is 1. The van der Waals surface area contributed by atoms with Gasteiger partial charge in [0.1, 0.15) is 17.5 Å². The van der Waals surface area contributed by atoms with Gasteiger partial charge < -0.3 is 19.5 Å². The third-order valence-corrected chi connectivity index (χ3v) is 3.19. The minimum atomic E-state index is -1.01. The van der Waals surface area contributed by atoms with E-state index < -0.39 is 12.0 Å². The second-order valence-electron chi connectivity index (χ2n) is 4.65. The lowest BCUT2D eigenvalue weighted by Crippen LogP contribution is -2.40. The molecule has 1 rings (SSSR count). The first-order chi connectivity index (χ1) is 9.95. The molecular formula is C15H21NO5. The molecule has 1 aromatic carbocycles. The molecule has 1 aromatic rings. The van der Waals surface area contributed by atoms with Crippen LogP contribution in [0.1, 0.15) is 19.8 Å². The van der Waals surface area contributed by atoms with Gasteiger partial charge in [-0.3, -0.25) is 4.79 Å². The number of hydrogen-bond donors (Lipinski definition) is 1. The molecule has 0 saturated carbocycles. The first-order valence-electron chi connectivity index (χ1n) is 6.71. The van der Waals surface area contributed by atoms with Crippen LogP contribution in [0.4, 0.5) is 0 Å². The van der Waals surface area contributed by atoms with Gasteiger partial charge in [0.25, 0.3) is 0 Å². The largest absolute Gasteiger partial charge is 0.497 e.